The van der Waals surface area contributed by atoms with E-state index in [1.165, 1.54) is 0 Å². The Bertz CT molecular complexity index is 627. The van der Waals surface area contributed by atoms with E-state index in [0.717, 1.165) is 17.0 Å². The van der Waals surface area contributed by atoms with Gasteiger partial charge in [0.05, 0.1) is 12.8 Å². The van der Waals surface area contributed by atoms with Crippen molar-refractivity contribution in [3.63, 3.8) is 0 Å². The zero-order chi connectivity index (χ0) is 15.4. The zero-order valence-electron chi connectivity index (χ0n) is 12.9. The molecule has 2 aromatic rings. The van der Waals surface area contributed by atoms with Crippen LogP contribution in [0.5, 0.6) is 17.5 Å². The highest BCUT2D eigenvalue weighted by Gasteiger charge is 2.11. The number of methoxy groups -OCH3 is 1. The van der Waals surface area contributed by atoms with Crippen molar-refractivity contribution in [1.29, 1.82) is 0 Å². The Morgan fingerprint density at radius 1 is 1.14 bits per heavy atom. The lowest BCUT2D eigenvalue weighted by atomic mass is 10.1. The first-order chi connectivity index (χ1) is 10.0. The van der Waals surface area contributed by atoms with Crippen LogP contribution < -0.4 is 15.2 Å². The van der Waals surface area contributed by atoms with Crippen molar-refractivity contribution < 1.29 is 9.47 Å². The van der Waals surface area contributed by atoms with E-state index < -0.39 is 0 Å². The van der Waals surface area contributed by atoms with E-state index >= 15 is 0 Å². The highest BCUT2D eigenvalue weighted by atomic mass is 16.5. The highest BCUT2D eigenvalue weighted by molar-refractivity contribution is 5.44. The van der Waals surface area contributed by atoms with Gasteiger partial charge in [0.15, 0.2) is 11.5 Å². The topological polar surface area (TPSA) is 70.3 Å². The number of nitrogens with zero attached hydrogens (tertiary/aromatic N) is 2. The molecule has 0 atom stereocenters. The zero-order valence-corrected chi connectivity index (χ0v) is 12.9. The third-order valence-electron chi connectivity index (χ3n) is 3.11. The summed E-state index contributed by atoms with van der Waals surface area (Å²) in [5, 5.41) is 0. The molecule has 0 saturated carbocycles. The molecular weight excluding hydrogens is 266 g/mol. The Morgan fingerprint density at radius 3 is 2.52 bits per heavy atom. The minimum atomic E-state index is 0.315. The van der Waals surface area contributed by atoms with E-state index in [9.17, 15) is 0 Å². The van der Waals surface area contributed by atoms with Crippen LogP contribution in [0.4, 0.5) is 0 Å². The predicted octanol–water partition coefficient (Wildman–Crippen LogP) is 3.17. The second kappa shape index (κ2) is 6.54. The average Bonchev–Trinajstić information content (AvgIpc) is 2.47. The second-order valence-corrected chi connectivity index (χ2v) is 5.16. The summed E-state index contributed by atoms with van der Waals surface area (Å²) in [6.07, 6.45) is 0. The van der Waals surface area contributed by atoms with Crippen molar-refractivity contribution in [2.75, 3.05) is 7.11 Å². The molecule has 0 aliphatic rings. The summed E-state index contributed by atoms with van der Waals surface area (Å²) in [5.41, 5.74) is 8.44. The summed E-state index contributed by atoms with van der Waals surface area (Å²) in [7, 11) is 1.60. The molecule has 1 aromatic carbocycles. The lowest BCUT2D eigenvalue weighted by Gasteiger charge is -2.12. The van der Waals surface area contributed by atoms with E-state index in [1.54, 1.807) is 7.11 Å². The number of aromatic nitrogens is 2. The van der Waals surface area contributed by atoms with E-state index in [1.807, 2.05) is 31.2 Å². The lowest BCUT2D eigenvalue weighted by Crippen LogP contribution is -2.02. The van der Waals surface area contributed by atoms with Crippen LogP contribution in [0, 0.1) is 6.92 Å². The van der Waals surface area contributed by atoms with Crippen molar-refractivity contribution in [3.8, 4) is 17.5 Å². The largest absolute Gasteiger partial charge is 0.493 e. The maximum absolute atomic E-state index is 5.78. The quantitative estimate of drug-likeness (QED) is 0.914. The standard InChI is InChI=1S/C16H21N3O2/c1-10(2)13-7-11(3)18-16(19-13)21-14-6-5-12(9-17)8-15(14)20-4/h5-8,10H,9,17H2,1-4H3. The third-order valence-corrected chi connectivity index (χ3v) is 3.11. The monoisotopic (exact) mass is 287 g/mol. The van der Waals surface area contributed by atoms with Crippen molar-refractivity contribution in [1.82, 2.24) is 9.97 Å². The van der Waals surface area contributed by atoms with Crippen molar-refractivity contribution in [3.05, 3.63) is 41.2 Å². The summed E-state index contributed by atoms with van der Waals surface area (Å²) in [5.74, 6) is 1.51. The maximum atomic E-state index is 5.78. The van der Waals surface area contributed by atoms with Gasteiger partial charge in [-0.25, -0.2) is 4.98 Å². The van der Waals surface area contributed by atoms with E-state index in [0.29, 0.717) is 30.0 Å². The molecule has 0 radical (unpaired) electrons. The van der Waals surface area contributed by atoms with Crippen LogP contribution in [-0.2, 0) is 6.54 Å². The minimum absolute atomic E-state index is 0.315. The van der Waals surface area contributed by atoms with Gasteiger partial charge >= 0.3 is 6.01 Å². The molecule has 2 N–H and O–H groups in total. The van der Waals surface area contributed by atoms with Crippen LogP contribution in [0.1, 0.15) is 36.7 Å². The minimum Gasteiger partial charge on any atom is -0.493 e. The fourth-order valence-corrected chi connectivity index (χ4v) is 1.93. The molecule has 5 nitrogen and oxygen atoms in total. The van der Waals surface area contributed by atoms with Gasteiger partial charge in [0.1, 0.15) is 0 Å². The smallest absolute Gasteiger partial charge is 0.322 e. The molecule has 112 valence electrons. The van der Waals surface area contributed by atoms with Crippen molar-refractivity contribution in [2.24, 2.45) is 5.73 Å². The van der Waals surface area contributed by atoms with E-state index in [2.05, 4.69) is 23.8 Å². The molecule has 1 heterocycles. The number of rotatable bonds is 5. The van der Waals surface area contributed by atoms with Crippen LogP contribution in [-0.4, -0.2) is 17.1 Å². The Morgan fingerprint density at radius 2 is 1.90 bits per heavy atom. The molecule has 0 amide bonds. The van der Waals surface area contributed by atoms with Crippen molar-refractivity contribution in [2.45, 2.75) is 33.2 Å². The average molecular weight is 287 g/mol. The first-order valence-electron chi connectivity index (χ1n) is 6.94. The second-order valence-electron chi connectivity index (χ2n) is 5.16. The number of ether oxygens (including phenoxy) is 2. The SMILES string of the molecule is COc1cc(CN)ccc1Oc1nc(C)cc(C(C)C)n1. The summed E-state index contributed by atoms with van der Waals surface area (Å²) in [4.78, 5) is 8.75. The summed E-state index contributed by atoms with van der Waals surface area (Å²) >= 11 is 0. The van der Waals surface area contributed by atoms with Gasteiger partial charge in [0.25, 0.3) is 0 Å². The molecule has 0 spiro atoms. The molecule has 1 aromatic heterocycles. The Labute approximate surface area is 125 Å². The van der Waals surface area contributed by atoms with Gasteiger partial charge in [0, 0.05) is 12.2 Å². The molecule has 0 saturated heterocycles. The fraction of sp³-hybridized carbons (Fsp3) is 0.375. The van der Waals surface area contributed by atoms with Crippen LogP contribution in [0.2, 0.25) is 0 Å². The molecule has 0 bridgehead atoms. The normalized spacial score (nSPS) is 10.8. The number of aryl methyl sites for hydroxylation is 1. The van der Waals surface area contributed by atoms with Gasteiger partial charge in [-0.2, -0.15) is 4.98 Å². The molecule has 5 heteroatoms. The number of nitrogens with two attached hydrogens (primary N) is 1. The number of hydrogen-bond acceptors (Lipinski definition) is 5. The third kappa shape index (κ3) is 3.70. The predicted molar refractivity (Wildman–Crippen MR) is 81.8 cm³/mol. The lowest BCUT2D eigenvalue weighted by molar-refractivity contribution is 0.366. The first kappa shape index (κ1) is 15.3. The van der Waals surface area contributed by atoms with Crippen LogP contribution >= 0.6 is 0 Å². The molecule has 0 aliphatic heterocycles. The number of benzene rings is 1. The summed E-state index contributed by atoms with van der Waals surface area (Å²) < 4.78 is 11.1. The van der Waals surface area contributed by atoms with Gasteiger partial charge in [0.2, 0.25) is 0 Å². The van der Waals surface area contributed by atoms with Crippen LogP contribution in [0.3, 0.4) is 0 Å². The Hall–Kier alpha value is -2.14. The van der Waals surface area contributed by atoms with Gasteiger partial charge in [-0.3, -0.25) is 0 Å². The fourth-order valence-electron chi connectivity index (χ4n) is 1.93. The van der Waals surface area contributed by atoms with E-state index in [-0.39, 0.29) is 0 Å². The Balaban J connectivity index is 2.33. The number of hydrogen-bond donors (Lipinski definition) is 1. The molecule has 0 aliphatic carbocycles. The molecule has 0 fully saturated rings. The van der Waals surface area contributed by atoms with Gasteiger partial charge in [-0.05, 0) is 36.6 Å². The molecule has 2 rings (SSSR count). The molecule has 0 unspecified atom stereocenters. The van der Waals surface area contributed by atoms with Crippen LogP contribution in [0.25, 0.3) is 0 Å². The maximum Gasteiger partial charge on any atom is 0.322 e. The molecule has 21 heavy (non-hydrogen) atoms. The van der Waals surface area contributed by atoms with E-state index in [4.69, 9.17) is 15.2 Å². The van der Waals surface area contributed by atoms with Gasteiger partial charge in [-0.15, -0.1) is 0 Å². The summed E-state index contributed by atoms with van der Waals surface area (Å²) in [6, 6.07) is 7.87. The Kier molecular flexibility index (Phi) is 4.75. The van der Waals surface area contributed by atoms with Gasteiger partial charge < -0.3 is 15.2 Å². The van der Waals surface area contributed by atoms with Crippen LogP contribution in [0.15, 0.2) is 24.3 Å². The molecular formula is C16H21N3O2. The first-order valence-corrected chi connectivity index (χ1v) is 6.94. The highest BCUT2D eigenvalue weighted by Crippen LogP contribution is 2.31. The van der Waals surface area contributed by atoms with Gasteiger partial charge in [-0.1, -0.05) is 19.9 Å². The summed E-state index contributed by atoms with van der Waals surface area (Å²) in [6.45, 7) is 6.55. The van der Waals surface area contributed by atoms with Crippen molar-refractivity contribution >= 4 is 0 Å².